The number of halogens is 2. The van der Waals surface area contributed by atoms with Gasteiger partial charge in [-0.05, 0) is 43.9 Å². The molecular formula is C22H23ClFNO5. The average molecular weight is 436 g/mol. The molecule has 1 heterocycles. The summed E-state index contributed by atoms with van der Waals surface area (Å²) < 4.78 is 24.3. The predicted octanol–water partition coefficient (Wildman–Crippen LogP) is 3.66. The van der Waals surface area contributed by atoms with Gasteiger partial charge >= 0.3 is 11.9 Å². The van der Waals surface area contributed by atoms with Crippen LogP contribution in [0.15, 0.2) is 40.7 Å². The van der Waals surface area contributed by atoms with Gasteiger partial charge in [-0.2, -0.15) is 0 Å². The standard InChI is InChI=1S/C22H23ClFNO5/c1-5-30-22(28)17-11(3)25-15-8-10(2)16(21(27)29-4)20(26)19(15)18(17)12-6-7-13(23)14(24)9-12/h6-7,9-10,16,18,25H,5,8H2,1-4H3. The number of methoxy groups -OCH3 is 1. The van der Waals surface area contributed by atoms with E-state index in [9.17, 15) is 18.8 Å². The zero-order chi connectivity index (χ0) is 22.2. The number of hydrogen-bond donors (Lipinski definition) is 1. The highest BCUT2D eigenvalue weighted by Gasteiger charge is 2.47. The molecule has 0 radical (unpaired) electrons. The number of Topliss-reactive ketones (excluding diaryl/α,β-unsaturated/α-hetero) is 1. The van der Waals surface area contributed by atoms with Crippen molar-refractivity contribution in [1.29, 1.82) is 0 Å². The van der Waals surface area contributed by atoms with Crippen molar-refractivity contribution in [3.63, 3.8) is 0 Å². The summed E-state index contributed by atoms with van der Waals surface area (Å²) in [5.41, 5.74) is 1.95. The highest BCUT2D eigenvalue weighted by atomic mass is 35.5. The van der Waals surface area contributed by atoms with Crippen LogP contribution in [0.1, 0.15) is 38.7 Å². The van der Waals surface area contributed by atoms with Gasteiger partial charge in [0.25, 0.3) is 0 Å². The zero-order valence-electron chi connectivity index (χ0n) is 17.2. The third-order valence-electron chi connectivity index (χ3n) is 5.52. The maximum atomic E-state index is 14.3. The van der Waals surface area contributed by atoms with Crippen LogP contribution in [0.2, 0.25) is 5.02 Å². The number of ketones is 1. The van der Waals surface area contributed by atoms with Crippen LogP contribution in [0.25, 0.3) is 0 Å². The minimum Gasteiger partial charge on any atom is -0.468 e. The molecule has 160 valence electrons. The highest BCUT2D eigenvalue weighted by Crippen LogP contribution is 2.45. The summed E-state index contributed by atoms with van der Waals surface area (Å²) in [5.74, 6) is -4.55. The summed E-state index contributed by atoms with van der Waals surface area (Å²) in [6, 6.07) is 4.14. The summed E-state index contributed by atoms with van der Waals surface area (Å²) >= 11 is 5.83. The number of ether oxygens (including phenoxy) is 2. The number of allylic oxidation sites excluding steroid dienone is 3. The van der Waals surface area contributed by atoms with Crippen molar-refractivity contribution in [3.8, 4) is 0 Å². The van der Waals surface area contributed by atoms with E-state index >= 15 is 0 Å². The first kappa shape index (κ1) is 22.0. The van der Waals surface area contributed by atoms with Crippen LogP contribution in [0.5, 0.6) is 0 Å². The molecule has 1 aromatic carbocycles. The van der Waals surface area contributed by atoms with Crippen LogP contribution in [-0.4, -0.2) is 31.4 Å². The van der Waals surface area contributed by atoms with Gasteiger partial charge in [0.1, 0.15) is 11.7 Å². The van der Waals surface area contributed by atoms with Gasteiger partial charge in [-0.1, -0.05) is 24.6 Å². The Morgan fingerprint density at radius 3 is 2.63 bits per heavy atom. The van der Waals surface area contributed by atoms with E-state index in [4.69, 9.17) is 21.1 Å². The molecule has 0 saturated heterocycles. The van der Waals surface area contributed by atoms with Crippen molar-refractivity contribution < 1.29 is 28.2 Å². The van der Waals surface area contributed by atoms with Gasteiger partial charge in [0.05, 0.1) is 24.3 Å². The molecule has 3 rings (SSSR count). The topological polar surface area (TPSA) is 81.7 Å². The molecule has 3 unspecified atom stereocenters. The summed E-state index contributed by atoms with van der Waals surface area (Å²) in [6.07, 6.45) is 0.404. The number of carbonyl (C=O) groups is 3. The number of benzene rings is 1. The Labute approximate surface area is 179 Å². The smallest absolute Gasteiger partial charge is 0.336 e. The summed E-state index contributed by atoms with van der Waals surface area (Å²) in [7, 11) is 1.23. The molecule has 1 aromatic rings. The molecule has 1 aliphatic heterocycles. The Morgan fingerprint density at radius 2 is 2.03 bits per heavy atom. The van der Waals surface area contributed by atoms with E-state index < -0.39 is 35.4 Å². The SMILES string of the molecule is CCOC(=O)C1=C(C)NC2=C(C(=O)C(C(=O)OC)C(C)C2)C1c1ccc(Cl)c(F)c1. The van der Waals surface area contributed by atoms with Gasteiger partial charge in [0.2, 0.25) is 0 Å². The number of carbonyl (C=O) groups excluding carboxylic acids is 3. The van der Waals surface area contributed by atoms with Crippen LogP contribution in [0.3, 0.4) is 0 Å². The Hall–Kier alpha value is -2.67. The number of esters is 2. The summed E-state index contributed by atoms with van der Waals surface area (Å²) in [5, 5.41) is 3.06. The lowest BCUT2D eigenvalue weighted by Gasteiger charge is -2.38. The molecule has 0 bridgehead atoms. The van der Waals surface area contributed by atoms with Crippen LogP contribution in [0.4, 0.5) is 4.39 Å². The minimum absolute atomic E-state index is 0.0729. The van der Waals surface area contributed by atoms with Crippen molar-refractivity contribution in [2.24, 2.45) is 11.8 Å². The first-order valence-corrected chi connectivity index (χ1v) is 10.0. The fraction of sp³-hybridized carbons (Fsp3) is 0.409. The lowest BCUT2D eigenvalue weighted by molar-refractivity contribution is -0.151. The molecule has 1 aliphatic carbocycles. The largest absolute Gasteiger partial charge is 0.468 e. The van der Waals surface area contributed by atoms with Gasteiger partial charge in [-0.3, -0.25) is 9.59 Å². The Bertz CT molecular complexity index is 984. The lowest BCUT2D eigenvalue weighted by atomic mass is 9.69. The molecule has 0 spiro atoms. The van der Waals surface area contributed by atoms with Gasteiger partial charge in [-0.25, -0.2) is 9.18 Å². The fourth-order valence-electron chi connectivity index (χ4n) is 4.19. The van der Waals surface area contributed by atoms with E-state index in [1.165, 1.54) is 19.2 Å². The van der Waals surface area contributed by atoms with Crippen LogP contribution in [-0.2, 0) is 23.9 Å². The molecule has 6 nitrogen and oxygen atoms in total. The third-order valence-corrected chi connectivity index (χ3v) is 5.82. The molecule has 8 heteroatoms. The molecule has 1 N–H and O–H groups in total. The summed E-state index contributed by atoms with van der Waals surface area (Å²) in [6.45, 7) is 5.31. The molecule has 0 saturated carbocycles. The van der Waals surface area contributed by atoms with Gasteiger partial charge in [-0.15, -0.1) is 0 Å². The van der Waals surface area contributed by atoms with Crippen LogP contribution in [0, 0.1) is 17.7 Å². The Morgan fingerprint density at radius 1 is 1.33 bits per heavy atom. The van der Waals surface area contributed by atoms with Gasteiger partial charge in [0.15, 0.2) is 5.78 Å². The number of rotatable bonds is 4. The van der Waals surface area contributed by atoms with E-state index in [0.29, 0.717) is 23.4 Å². The number of hydrogen-bond acceptors (Lipinski definition) is 6. The van der Waals surface area contributed by atoms with Crippen molar-refractivity contribution >= 4 is 29.3 Å². The highest BCUT2D eigenvalue weighted by molar-refractivity contribution is 6.30. The second kappa shape index (κ2) is 8.60. The maximum Gasteiger partial charge on any atom is 0.336 e. The number of nitrogens with one attached hydrogen (secondary N) is 1. The fourth-order valence-corrected chi connectivity index (χ4v) is 4.30. The molecule has 2 aliphatic rings. The van der Waals surface area contributed by atoms with Gasteiger partial charge < -0.3 is 14.8 Å². The minimum atomic E-state index is -1.00. The van der Waals surface area contributed by atoms with E-state index in [-0.39, 0.29) is 28.7 Å². The zero-order valence-corrected chi connectivity index (χ0v) is 17.9. The van der Waals surface area contributed by atoms with E-state index in [0.717, 1.165) is 0 Å². The van der Waals surface area contributed by atoms with E-state index in [1.54, 1.807) is 26.8 Å². The van der Waals surface area contributed by atoms with Crippen molar-refractivity contribution in [1.82, 2.24) is 5.32 Å². The molecule has 30 heavy (non-hydrogen) atoms. The van der Waals surface area contributed by atoms with Crippen molar-refractivity contribution in [2.75, 3.05) is 13.7 Å². The third kappa shape index (κ3) is 3.74. The Balaban J connectivity index is 2.21. The predicted molar refractivity (Wildman–Crippen MR) is 108 cm³/mol. The van der Waals surface area contributed by atoms with E-state index in [1.807, 2.05) is 0 Å². The monoisotopic (exact) mass is 435 g/mol. The normalized spacial score (nSPS) is 23.7. The molecular weight excluding hydrogens is 413 g/mol. The molecule has 3 atom stereocenters. The van der Waals surface area contributed by atoms with Crippen molar-refractivity contribution in [3.05, 3.63) is 57.1 Å². The maximum absolute atomic E-state index is 14.3. The van der Waals surface area contributed by atoms with Crippen LogP contribution < -0.4 is 5.32 Å². The second-order valence-electron chi connectivity index (χ2n) is 7.43. The second-order valence-corrected chi connectivity index (χ2v) is 7.84. The average Bonchev–Trinajstić information content (AvgIpc) is 2.68. The lowest BCUT2D eigenvalue weighted by Crippen LogP contribution is -2.43. The first-order valence-electron chi connectivity index (χ1n) is 9.66. The Kier molecular flexibility index (Phi) is 6.31. The molecule has 0 fully saturated rings. The van der Waals surface area contributed by atoms with E-state index in [2.05, 4.69) is 5.32 Å². The summed E-state index contributed by atoms with van der Waals surface area (Å²) in [4.78, 5) is 38.6. The first-order chi connectivity index (χ1) is 14.2. The van der Waals surface area contributed by atoms with Crippen molar-refractivity contribution in [2.45, 2.75) is 33.1 Å². The van der Waals surface area contributed by atoms with Crippen LogP contribution >= 0.6 is 11.6 Å². The quantitative estimate of drug-likeness (QED) is 0.574. The molecule has 0 aromatic heterocycles. The van der Waals surface area contributed by atoms with Gasteiger partial charge in [0, 0.05) is 22.9 Å². The molecule has 0 amide bonds. The number of dihydropyridines is 1.